The fraction of sp³-hybridized carbons (Fsp3) is 0.364. The predicted molar refractivity (Wildman–Crippen MR) is 108 cm³/mol. The van der Waals surface area contributed by atoms with Gasteiger partial charge in [0, 0.05) is 49.7 Å². The van der Waals surface area contributed by atoms with Gasteiger partial charge in [0.15, 0.2) is 0 Å². The molecule has 2 aromatic heterocycles. The van der Waals surface area contributed by atoms with Gasteiger partial charge in [-0.05, 0) is 36.8 Å². The van der Waals surface area contributed by atoms with Gasteiger partial charge in [0.25, 0.3) is 0 Å². The van der Waals surface area contributed by atoms with E-state index in [0.717, 1.165) is 48.7 Å². The monoisotopic (exact) mass is 378 g/mol. The molecule has 1 saturated heterocycles. The number of morpholine rings is 1. The summed E-state index contributed by atoms with van der Waals surface area (Å²) < 4.78 is 13.5. The van der Waals surface area contributed by atoms with E-state index in [1.165, 1.54) is 5.56 Å². The average Bonchev–Trinajstić information content (AvgIpc) is 3.24. The zero-order valence-electron chi connectivity index (χ0n) is 16.4. The van der Waals surface area contributed by atoms with Gasteiger partial charge in [-0.3, -0.25) is 14.6 Å². The molecule has 4 rings (SSSR count). The summed E-state index contributed by atoms with van der Waals surface area (Å²) in [4.78, 5) is 6.87. The highest BCUT2D eigenvalue weighted by molar-refractivity contribution is 5.70. The summed E-state index contributed by atoms with van der Waals surface area (Å²) in [6, 6.07) is 12.4. The topological polar surface area (TPSA) is 52.4 Å². The lowest BCUT2D eigenvalue weighted by Gasteiger charge is -2.32. The van der Waals surface area contributed by atoms with Crippen molar-refractivity contribution in [3.63, 3.8) is 0 Å². The molecule has 3 heterocycles. The molecule has 146 valence electrons. The number of methoxy groups -OCH3 is 1. The van der Waals surface area contributed by atoms with Crippen LogP contribution in [0.3, 0.4) is 0 Å². The van der Waals surface area contributed by atoms with Gasteiger partial charge in [-0.2, -0.15) is 5.10 Å². The number of rotatable bonds is 6. The molecule has 0 aliphatic carbocycles. The third-order valence-electron chi connectivity index (χ3n) is 5.11. The molecule has 0 saturated carbocycles. The second-order valence-corrected chi connectivity index (χ2v) is 6.97. The quantitative estimate of drug-likeness (QED) is 0.657. The van der Waals surface area contributed by atoms with Gasteiger partial charge in [0.05, 0.1) is 25.6 Å². The summed E-state index contributed by atoms with van der Waals surface area (Å²) in [6.07, 6.45) is 5.81. The predicted octanol–water partition coefficient (Wildman–Crippen LogP) is 3.55. The van der Waals surface area contributed by atoms with Crippen molar-refractivity contribution in [3.8, 4) is 16.9 Å². The zero-order valence-corrected chi connectivity index (χ0v) is 16.4. The van der Waals surface area contributed by atoms with Gasteiger partial charge in [-0.1, -0.05) is 12.1 Å². The van der Waals surface area contributed by atoms with Gasteiger partial charge in [0.1, 0.15) is 11.9 Å². The molecule has 0 amide bonds. The van der Waals surface area contributed by atoms with Crippen molar-refractivity contribution in [1.82, 2.24) is 19.7 Å². The molecule has 6 nitrogen and oxygen atoms in total. The fourth-order valence-corrected chi connectivity index (χ4v) is 3.60. The fourth-order valence-electron chi connectivity index (χ4n) is 3.60. The molecule has 0 N–H and O–H groups in total. The SMILES string of the molecule is CCn1cc(-c2cc(CN3CCOC(c4ccccn4)C3)ccc2OC)cn1. The van der Waals surface area contributed by atoms with Crippen LogP contribution >= 0.6 is 0 Å². The van der Waals surface area contributed by atoms with Crippen LogP contribution < -0.4 is 4.74 Å². The number of hydrogen-bond acceptors (Lipinski definition) is 5. The van der Waals surface area contributed by atoms with Crippen molar-refractivity contribution < 1.29 is 9.47 Å². The summed E-state index contributed by atoms with van der Waals surface area (Å²) in [5.41, 5.74) is 4.40. The highest BCUT2D eigenvalue weighted by Crippen LogP contribution is 2.31. The lowest BCUT2D eigenvalue weighted by Crippen LogP contribution is -2.38. The number of nitrogens with zero attached hydrogens (tertiary/aromatic N) is 4. The first-order valence-electron chi connectivity index (χ1n) is 9.71. The minimum atomic E-state index is 0.0236. The van der Waals surface area contributed by atoms with Crippen LogP contribution in [-0.2, 0) is 17.8 Å². The number of benzene rings is 1. The molecule has 28 heavy (non-hydrogen) atoms. The van der Waals surface area contributed by atoms with Crippen molar-refractivity contribution in [2.45, 2.75) is 26.1 Å². The van der Waals surface area contributed by atoms with Gasteiger partial charge in [0.2, 0.25) is 0 Å². The van der Waals surface area contributed by atoms with Crippen molar-refractivity contribution in [3.05, 3.63) is 66.2 Å². The van der Waals surface area contributed by atoms with E-state index in [1.807, 2.05) is 41.3 Å². The Bertz CT molecular complexity index is 910. The number of aromatic nitrogens is 3. The molecule has 1 aliphatic rings. The van der Waals surface area contributed by atoms with E-state index in [0.29, 0.717) is 6.61 Å². The summed E-state index contributed by atoms with van der Waals surface area (Å²) in [6.45, 7) is 6.27. The summed E-state index contributed by atoms with van der Waals surface area (Å²) >= 11 is 0. The first-order valence-corrected chi connectivity index (χ1v) is 9.71. The minimum Gasteiger partial charge on any atom is -0.496 e. The van der Waals surface area contributed by atoms with Crippen LogP contribution in [0.25, 0.3) is 11.1 Å². The van der Waals surface area contributed by atoms with E-state index < -0.39 is 0 Å². The molecule has 1 atom stereocenters. The maximum Gasteiger partial charge on any atom is 0.126 e. The minimum absolute atomic E-state index is 0.0236. The van der Waals surface area contributed by atoms with E-state index in [-0.39, 0.29) is 6.10 Å². The molecule has 3 aromatic rings. The molecule has 1 aromatic carbocycles. The lowest BCUT2D eigenvalue weighted by atomic mass is 10.0. The number of aryl methyl sites for hydroxylation is 1. The number of ether oxygens (including phenoxy) is 2. The Morgan fingerprint density at radius 2 is 2.18 bits per heavy atom. The Labute approximate surface area is 165 Å². The normalized spacial score (nSPS) is 17.6. The highest BCUT2D eigenvalue weighted by Gasteiger charge is 2.23. The van der Waals surface area contributed by atoms with Crippen LogP contribution in [0, 0.1) is 0 Å². The third kappa shape index (κ3) is 4.08. The average molecular weight is 378 g/mol. The molecular weight excluding hydrogens is 352 g/mol. The van der Waals surface area contributed by atoms with E-state index in [4.69, 9.17) is 9.47 Å². The van der Waals surface area contributed by atoms with Crippen LogP contribution in [0.15, 0.2) is 55.0 Å². The molecule has 1 aliphatic heterocycles. The van der Waals surface area contributed by atoms with Gasteiger partial charge < -0.3 is 9.47 Å². The van der Waals surface area contributed by atoms with E-state index in [1.54, 1.807) is 7.11 Å². The standard InChI is InChI=1S/C22H26N4O2/c1-3-26-15-18(13-24-26)19-12-17(7-8-21(19)27-2)14-25-10-11-28-22(16-25)20-6-4-5-9-23-20/h4-9,12-13,15,22H,3,10-11,14,16H2,1-2H3. The Balaban J connectivity index is 1.52. The maximum atomic E-state index is 5.94. The lowest BCUT2D eigenvalue weighted by molar-refractivity contribution is -0.0349. The Morgan fingerprint density at radius 3 is 2.93 bits per heavy atom. The largest absolute Gasteiger partial charge is 0.496 e. The summed E-state index contributed by atoms with van der Waals surface area (Å²) in [5.74, 6) is 0.868. The van der Waals surface area contributed by atoms with Crippen molar-refractivity contribution in [1.29, 1.82) is 0 Å². The summed E-state index contributed by atoms with van der Waals surface area (Å²) in [5, 5.41) is 4.40. The van der Waals surface area contributed by atoms with E-state index in [9.17, 15) is 0 Å². The molecule has 0 radical (unpaired) electrons. The Kier molecular flexibility index (Phi) is 5.69. The van der Waals surface area contributed by atoms with E-state index >= 15 is 0 Å². The van der Waals surface area contributed by atoms with Crippen molar-refractivity contribution >= 4 is 0 Å². The maximum absolute atomic E-state index is 5.94. The van der Waals surface area contributed by atoms with Crippen LogP contribution in [0.1, 0.15) is 24.3 Å². The van der Waals surface area contributed by atoms with Crippen LogP contribution in [-0.4, -0.2) is 46.5 Å². The second kappa shape index (κ2) is 8.54. The molecular formula is C22H26N4O2. The molecule has 1 fully saturated rings. The highest BCUT2D eigenvalue weighted by atomic mass is 16.5. The molecule has 6 heteroatoms. The first kappa shape index (κ1) is 18.7. The van der Waals surface area contributed by atoms with Crippen LogP contribution in [0.5, 0.6) is 5.75 Å². The molecule has 0 bridgehead atoms. The first-order chi connectivity index (χ1) is 13.8. The van der Waals surface area contributed by atoms with Crippen molar-refractivity contribution in [2.75, 3.05) is 26.8 Å². The van der Waals surface area contributed by atoms with Crippen LogP contribution in [0.4, 0.5) is 0 Å². The van der Waals surface area contributed by atoms with Gasteiger partial charge in [-0.15, -0.1) is 0 Å². The smallest absolute Gasteiger partial charge is 0.126 e. The third-order valence-corrected chi connectivity index (χ3v) is 5.11. The van der Waals surface area contributed by atoms with Gasteiger partial charge in [-0.25, -0.2) is 0 Å². The number of pyridine rings is 1. The van der Waals surface area contributed by atoms with Gasteiger partial charge >= 0.3 is 0 Å². The van der Waals surface area contributed by atoms with Crippen LogP contribution in [0.2, 0.25) is 0 Å². The summed E-state index contributed by atoms with van der Waals surface area (Å²) in [7, 11) is 1.71. The second-order valence-electron chi connectivity index (χ2n) is 6.97. The molecule has 0 spiro atoms. The van der Waals surface area contributed by atoms with E-state index in [2.05, 4.69) is 40.2 Å². The Hall–Kier alpha value is -2.70. The zero-order chi connectivity index (χ0) is 19.3. The molecule has 1 unspecified atom stereocenters. The van der Waals surface area contributed by atoms with Crippen molar-refractivity contribution in [2.24, 2.45) is 0 Å². The Morgan fingerprint density at radius 1 is 1.25 bits per heavy atom. The number of hydrogen-bond donors (Lipinski definition) is 0.